The van der Waals surface area contributed by atoms with E-state index in [1.807, 2.05) is 31.3 Å². The van der Waals surface area contributed by atoms with Crippen molar-refractivity contribution < 1.29 is 9.90 Å². The number of aliphatic hydroxyl groups is 1. The highest BCUT2D eigenvalue weighted by Crippen LogP contribution is 2.22. The number of aromatic nitrogens is 1. The molecule has 1 atom stereocenters. The fourth-order valence-electron chi connectivity index (χ4n) is 2.29. The van der Waals surface area contributed by atoms with Crippen molar-refractivity contribution in [3.63, 3.8) is 0 Å². The zero-order valence-corrected chi connectivity index (χ0v) is 12.2. The van der Waals surface area contributed by atoms with Crippen LogP contribution >= 0.6 is 11.6 Å². The van der Waals surface area contributed by atoms with Gasteiger partial charge in [0, 0.05) is 34.8 Å². The second kappa shape index (κ2) is 6.77. The number of aromatic amines is 1. The molecule has 0 aliphatic carbocycles. The van der Waals surface area contributed by atoms with Crippen molar-refractivity contribution >= 4 is 28.4 Å². The van der Waals surface area contributed by atoms with Gasteiger partial charge in [-0.05, 0) is 30.5 Å². The molecule has 20 heavy (non-hydrogen) atoms. The number of hydrogen-bond donors (Lipinski definition) is 3. The predicted octanol–water partition coefficient (Wildman–Crippen LogP) is 2.64. The first-order valence-electron chi connectivity index (χ1n) is 6.79. The number of amides is 1. The average molecular weight is 295 g/mol. The Balaban J connectivity index is 2.06. The maximum Gasteiger partial charge on any atom is 0.224 e. The Kier molecular flexibility index (Phi) is 5.04. The van der Waals surface area contributed by atoms with Gasteiger partial charge in [0.1, 0.15) is 0 Å². The fourth-order valence-corrected chi connectivity index (χ4v) is 2.46. The summed E-state index contributed by atoms with van der Waals surface area (Å²) in [6.45, 7) is 2.08. The second-order valence-corrected chi connectivity index (χ2v) is 5.30. The first kappa shape index (κ1) is 14.9. The molecule has 2 aromatic rings. The molecule has 1 unspecified atom stereocenters. The minimum absolute atomic E-state index is 0.0267. The van der Waals surface area contributed by atoms with Gasteiger partial charge < -0.3 is 15.4 Å². The van der Waals surface area contributed by atoms with Crippen LogP contribution in [0.25, 0.3) is 10.9 Å². The molecule has 1 aromatic heterocycles. The molecule has 5 heteroatoms. The SMILES string of the molecule is CCC(CCO)NC(=O)Cc1c[nH]c2cc(Cl)ccc12. The van der Waals surface area contributed by atoms with Gasteiger partial charge in [-0.25, -0.2) is 0 Å². The van der Waals surface area contributed by atoms with Crippen LogP contribution in [-0.2, 0) is 11.2 Å². The van der Waals surface area contributed by atoms with Crippen LogP contribution < -0.4 is 5.32 Å². The van der Waals surface area contributed by atoms with Crippen molar-refractivity contribution in [1.29, 1.82) is 0 Å². The van der Waals surface area contributed by atoms with Crippen LogP contribution in [-0.4, -0.2) is 28.6 Å². The Labute approximate surface area is 123 Å². The van der Waals surface area contributed by atoms with Crippen LogP contribution in [0.3, 0.4) is 0 Å². The molecule has 0 saturated heterocycles. The molecular weight excluding hydrogens is 276 g/mol. The average Bonchev–Trinajstić information content (AvgIpc) is 2.80. The lowest BCUT2D eigenvalue weighted by Crippen LogP contribution is -2.36. The maximum absolute atomic E-state index is 12.0. The first-order valence-corrected chi connectivity index (χ1v) is 7.17. The van der Waals surface area contributed by atoms with E-state index >= 15 is 0 Å². The molecule has 0 radical (unpaired) electrons. The molecule has 0 aliphatic rings. The Bertz CT molecular complexity index is 595. The van der Waals surface area contributed by atoms with Gasteiger partial charge in [-0.15, -0.1) is 0 Å². The van der Waals surface area contributed by atoms with Gasteiger partial charge in [-0.2, -0.15) is 0 Å². The lowest BCUT2D eigenvalue weighted by molar-refractivity contribution is -0.121. The second-order valence-electron chi connectivity index (χ2n) is 4.87. The van der Waals surface area contributed by atoms with Crippen LogP contribution in [0.2, 0.25) is 5.02 Å². The number of carbonyl (C=O) groups excluding carboxylic acids is 1. The molecule has 1 amide bonds. The lowest BCUT2D eigenvalue weighted by atomic mass is 10.1. The zero-order valence-electron chi connectivity index (χ0n) is 11.4. The van der Waals surface area contributed by atoms with Crippen LogP contribution in [0.15, 0.2) is 24.4 Å². The van der Waals surface area contributed by atoms with E-state index in [4.69, 9.17) is 16.7 Å². The Morgan fingerprint density at radius 2 is 2.30 bits per heavy atom. The molecule has 0 fully saturated rings. The summed E-state index contributed by atoms with van der Waals surface area (Å²) in [7, 11) is 0. The summed E-state index contributed by atoms with van der Waals surface area (Å²) in [5.41, 5.74) is 1.88. The lowest BCUT2D eigenvalue weighted by Gasteiger charge is -2.15. The molecule has 4 nitrogen and oxygen atoms in total. The van der Waals surface area contributed by atoms with E-state index < -0.39 is 0 Å². The molecular formula is C15H19ClN2O2. The van der Waals surface area contributed by atoms with Gasteiger partial charge in [0.2, 0.25) is 5.91 Å². The van der Waals surface area contributed by atoms with E-state index in [1.54, 1.807) is 0 Å². The highest BCUT2D eigenvalue weighted by molar-refractivity contribution is 6.31. The number of H-pyrrole nitrogens is 1. The van der Waals surface area contributed by atoms with Crippen molar-refractivity contribution in [3.8, 4) is 0 Å². The minimum Gasteiger partial charge on any atom is -0.396 e. The Hall–Kier alpha value is -1.52. The van der Waals surface area contributed by atoms with Gasteiger partial charge in [0.05, 0.1) is 6.42 Å². The molecule has 0 aliphatic heterocycles. The van der Waals surface area contributed by atoms with E-state index in [0.717, 1.165) is 22.9 Å². The summed E-state index contributed by atoms with van der Waals surface area (Å²) in [5.74, 6) is -0.0267. The third-order valence-electron chi connectivity index (χ3n) is 3.42. The predicted molar refractivity (Wildman–Crippen MR) is 80.9 cm³/mol. The molecule has 3 N–H and O–H groups in total. The number of halogens is 1. The van der Waals surface area contributed by atoms with Crippen LogP contribution in [0.4, 0.5) is 0 Å². The van der Waals surface area contributed by atoms with Crippen LogP contribution in [0, 0.1) is 0 Å². The van der Waals surface area contributed by atoms with Crippen molar-refractivity contribution in [3.05, 3.63) is 35.0 Å². The van der Waals surface area contributed by atoms with Gasteiger partial charge in [-0.1, -0.05) is 24.6 Å². The summed E-state index contributed by atoms with van der Waals surface area (Å²) in [5, 5.41) is 13.6. The Morgan fingerprint density at radius 1 is 1.50 bits per heavy atom. The van der Waals surface area contributed by atoms with Gasteiger partial charge in [0.25, 0.3) is 0 Å². The fraction of sp³-hybridized carbons (Fsp3) is 0.400. The van der Waals surface area contributed by atoms with Crippen molar-refractivity contribution in [2.24, 2.45) is 0 Å². The molecule has 0 saturated carbocycles. The topological polar surface area (TPSA) is 65.1 Å². The summed E-state index contributed by atoms with van der Waals surface area (Å²) < 4.78 is 0. The molecule has 0 bridgehead atoms. The van der Waals surface area contributed by atoms with Gasteiger partial charge in [0.15, 0.2) is 0 Å². The zero-order chi connectivity index (χ0) is 14.5. The molecule has 1 heterocycles. The van der Waals surface area contributed by atoms with E-state index in [0.29, 0.717) is 17.9 Å². The third-order valence-corrected chi connectivity index (χ3v) is 3.65. The first-order chi connectivity index (χ1) is 9.63. The number of rotatable bonds is 6. The molecule has 108 valence electrons. The molecule has 2 rings (SSSR count). The number of fused-ring (bicyclic) bond motifs is 1. The van der Waals surface area contributed by atoms with E-state index in [9.17, 15) is 4.79 Å². The quantitative estimate of drug-likeness (QED) is 0.767. The summed E-state index contributed by atoms with van der Waals surface area (Å²) >= 11 is 5.93. The highest BCUT2D eigenvalue weighted by atomic mass is 35.5. The van der Waals surface area contributed by atoms with Crippen molar-refractivity contribution in [2.75, 3.05) is 6.61 Å². The summed E-state index contributed by atoms with van der Waals surface area (Å²) in [6, 6.07) is 5.62. The molecule has 1 aromatic carbocycles. The number of benzene rings is 1. The summed E-state index contributed by atoms with van der Waals surface area (Å²) in [6.07, 6.45) is 3.57. The highest BCUT2D eigenvalue weighted by Gasteiger charge is 2.12. The van der Waals surface area contributed by atoms with E-state index in [1.165, 1.54) is 0 Å². The number of hydrogen-bond acceptors (Lipinski definition) is 2. The largest absolute Gasteiger partial charge is 0.396 e. The monoisotopic (exact) mass is 294 g/mol. The standard InChI is InChI=1S/C15H19ClN2O2/c1-2-12(5-6-19)18-15(20)7-10-9-17-14-8-11(16)3-4-13(10)14/h3-4,8-9,12,17,19H,2,5-7H2,1H3,(H,18,20). The van der Waals surface area contributed by atoms with E-state index in [2.05, 4.69) is 10.3 Å². The minimum atomic E-state index is -0.0267. The van der Waals surface area contributed by atoms with E-state index in [-0.39, 0.29) is 18.6 Å². The number of carbonyl (C=O) groups is 1. The summed E-state index contributed by atoms with van der Waals surface area (Å²) in [4.78, 5) is 15.2. The smallest absolute Gasteiger partial charge is 0.224 e. The number of nitrogens with one attached hydrogen (secondary N) is 2. The van der Waals surface area contributed by atoms with Crippen molar-refractivity contribution in [1.82, 2.24) is 10.3 Å². The van der Waals surface area contributed by atoms with Crippen LogP contribution in [0.1, 0.15) is 25.3 Å². The number of aliphatic hydroxyl groups excluding tert-OH is 1. The third kappa shape index (κ3) is 3.52. The normalized spacial score (nSPS) is 12.6. The van der Waals surface area contributed by atoms with Gasteiger partial charge >= 0.3 is 0 Å². The van der Waals surface area contributed by atoms with Gasteiger partial charge in [-0.3, -0.25) is 4.79 Å². The maximum atomic E-state index is 12.0. The van der Waals surface area contributed by atoms with Crippen LogP contribution in [0.5, 0.6) is 0 Å². The molecule has 0 spiro atoms. The van der Waals surface area contributed by atoms with Crippen molar-refractivity contribution in [2.45, 2.75) is 32.2 Å². The Morgan fingerprint density at radius 3 is 3.00 bits per heavy atom.